The molecule has 4 rings (SSSR count). The molecule has 32 heavy (non-hydrogen) atoms. The van der Waals surface area contributed by atoms with Crippen molar-refractivity contribution in [2.45, 2.75) is 82.3 Å². The van der Waals surface area contributed by atoms with Crippen LogP contribution in [0.15, 0.2) is 31.1 Å². The number of likely N-dealkylation sites (N-methyl/N-ethyl adjacent to an activating group) is 1. The molecule has 1 aromatic rings. The molecule has 1 aromatic heterocycles. The quantitative estimate of drug-likeness (QED) is 0.708. The van der Waals surface area contributed by atoms with Gasteiger partial charge in [0, 0.05) is 49.3 Å². The van der Waals surface area contributed by atoms with Crippen molar-refractivity contribution in [2.24, 2.45) is 5.73 Å². The van der Waals surface area contributed by atoms with Crippen LogP contribution in [-0.2, 0) is 9.59 Å². The van der Waals surface area contributed by atoms with Gasteiger partial charge in [-0.1, -0.05) is 25.8 Å². The van der Waals surface area contributed by atoms with Crippen molar-refractivity contribution in [1.82, 2.24) is 20.1 Å². The highest BCUT2D eigenvalue weighted by Crippen LogP contribution is 2.28. The average Bonchev–Trinajstić information content (AvgIpc) is 3.28. The van der Waals surface area contributed by atoms with E-state index in [-0.39, 0.29) is 24.4 Å². The largest absolute Gasteiger partial charge is 0.359 e. The summed E-state index contributed by atoms with van der Waals surface area (Å²) >= 11 is 0. The molecular formula is C25H39N5O2. The standard InChI is InChI=1S/C18H25N3O.C7H14N2O/c1-14(15-7-5-11-19-13-15)21-12-6-10-17(21)18(22)20-16-8-3-2-4-9-16;1-9(7(10)5-8)6-3-2-4-6/h5,7,11,13,16-17H,1-4,6,8-10,12H2,(H,20,22);6H,2-5,8H2,1H3. The minimum atomic E-state index is -0.0744. The zero-order valence-electron chi connectivity index (χ0n) is 19.5. The zero-order chi connectivity index (χ0) is 22.9. The fourth-order valence-electron chi connectivity index (χ4n) is 4.73. The van der Waals surface area contributed by atoms with Crippen molar-refractivity contribution in [1.29, 1.82) is 0 Å². The van der Waals surface area contributed by atoms with Crippen LogP contribution in [0.4, 0.5) is 0 Å². The molecule has 7 nitrogen and oxygen atoms in total. The average molecular weight is 442 g/mol. The number of hydrogen-bond donors (Lipinski definition) is 2. The van der Waals surface area contributed by atoms with Gasteiger partial charge in [0.15, 0.2) is 0 Å². The molecule has 1 unspecified atom stereocenters. The van der Waals surface area contributed by atoms with Crippen LogP contribution in [0.2, 0.25) is 0 Å². The first-order valence-corrected chi connectivity index (χ1v) is 12.1. The van der Waals surface area contributed by atoms with Crippen molar-refractivity contribution in [2.75, 3.05) is 20.1 Å². The smallest absolute Gasteiger partial charge is 0.242 e. The molecule has 0 aromatic carbocycles. The third kappa shape index (κ3) is 6.31. The normalized spacial score (nSPS) is 21.2. The van der Waals surface area contributed by atoms with Crippen LogP contribution in [0.5, 0.6) is 0 Å². The minimum Gasteiger partial charge on any atom is -0.359 e. The monoisotopic (exact) mass is 441 g/mol. The van der Waals surface area contributed by atoms with Crippen LogP contribution < -0.4 is 11.1 Å². The van der Waals surface area contributed by atoms with Gasteiger partial charge in [-0.25, -0.2) is 0 Å². The van der Waals surface area contributed by atoms with E-state index in [1.165, 1.54) is 25.7 Å². The number of carbonyl (C=O) groups is 2. The molecule has 2 aliphatic carbocycles. The first-order valence-electron chi connectivity index (χ1n) is 12.1. The van der Waals surface area contributed by atoms with Crippen molar-refractivity contribution >= 4 is 17.5 Å². The highest BCUT2D eigenvalue weighted by molar-refractivity contribution is 5.84. The first kappa shape index (κ1) is 24.2. The fourth-order valence-corrected chi connectivity index (χ4v) is 4.73. The van der Waals surface area contributed by atoms with Crippen LogP contribution >= 0.6 is 0 Å². The maximum Gasteiger partial charge on any atom is 0.242 e. The van der Waals surface area contributed by atoms with Gasteiger partial charge in [0.2, 0.25) is 11.8 Å². The molecule has 0 bridgehead atoms. The lowest BCUT2D eigenvalue weighted by Gasteiger charge is -2.34. The molecule has 2 amide bonds. The lowest BCUT2D eigenvalue weighted by molar-refractivity contribution is -0.131. The number of aromatic nitrogens is 1. The van der Waals surface area contributed by atoms with E-state index in [0.717, 1.165) is 56.3 Å². The summed E-state index contributed by atoms with van der Waals surface area (Å²) in [5.74, 6) is 0.235. The van der Waals surface area contributed by atoms with Gasteiger partial charge in [0.25, 0.3) is 0 Å². The Balaban J connectivity index is 0.000000243. The molecule has 3 fully saturated rings. The van der Waals surface area contributed by atoms with E-state index < -0.39 is 0 Å². The Morgan fingerprint density at radius 3 is 2.50 bits per heavy atom. The lowest BCUT2D eigenvalue weighted by atomic mass is 9.92. The Morgan fingerprint density at radius 2 is 1.91 bits per heavy atom. The van der Waals surface area contributed by atoms with E-state index in [0.29, 0.717) is 12.1 Å². The summed E-state index contributed by atoms with van der Waals surface area (Å²) in [5, 5.41) is 3.26. The lowest BCUT2D eigenvalue weighted by Crippen LogP contribution is -2.46. The Bertz CT molecular complexity index is 759. The third-order valence-corrected chi connectivity index (χ3v) is 7.04. The minimum absolute atomic E-state index is 0.0599. The summed E-state index contributed by atoms with van der Waals surface area (Å²) in [6.45, 7) is 5.24. The highest BCUT2D eigenvalue weighted by Gasteiger charge is 2.33. The molecule has 0 radical (unpaired) electrons. The number of nitrogens with zero attached hydrogens (tertiary/aromatic N) is 3. The summed E-state index contributed by atoms with van der Waals surface area (Å²) in [4.78, 5) is 31.7. The third-order valence-electron chi connectivity index (χ3n) is 7.04. The van der Waals surface area contributed by atoms with Crippen LogP contribution in [-0.4, -0.2) is 64.9 Å². The Hall–Kier alpha value is -2.41. The maximum absolute atomic E-state index is 12.7. The second kappa shape index (κ2) is 12.0. The van der Waals surface area contributed by atoms with Crippen molar-refractivity contribution in [3.8, 4) is 0 Å². The summed E-state index contributed by atoms with van der Waals surface area (Å²) < 4.78 is 0. The van der Waals surface area contributed by atoms with Gasteiger partial charge in [-0.2, -0.15) is 0 Å². The van der Waals surface area contributed by atoms with E-state index in [1.807, 2.05) is 25.4 Å². The predicted octanol–water partition coefficient (Wildman–Crippen LogP) is 2.92. The number of nitrogens with two attached hydrogens (primary N) is 1. The fraction of sp³-hybridized carbons (Fsp3) is 0.640. The molecule has 2 heterocycles. The van der Waals surface area contributed by atoms with Gasteiger partial charge >= 0.3 is 0 Å². The van der Waals surface area contributed by atoms with E-state index >= 15 is 0 Å². The van der Waals surface area contributed by atoms with Gasteiger partial charge in [-0.05, 0) is 57.1 Å². The molecule has 7 heteroatoms. The van der Waals surface area contributed by atoms with Gasteiger partial charge in [-0.3, -0.25) is 14.6 Å². The molecule has 1 atom stereocenters. The summed E-state index contributed by atoms with van der Waals surface area (Å²) in [7, 11) is 1.83. The molecule has 0 spiro atoms. The van der Waals surface area contributed by atoms with E-state index in [2.05, 4.69) is 21.8 Å². The molecular weight excluding hydrogens is 402 g/mol. The molecule has 176 valence electrons. The second-order valence-corrected chi connectivity index (χ2v) is 9.18. The molecule has 1 aliphatic heterocycles. The van der Waals surface area contributed by atoms with Gasteiger partial charge in [-0.15, -0.1) is 0 Å². The molecule has 1 saturated heterocycles. The number of pyridine rings is 1. The first-order chi connectivity index (χ1) is 15.5. The van der Waals surface area contributed by atoms with Crippen LogP contribution in [0.1, 0.15) is 69.8 Å². The number of nitrogens with one attached hydrogen (secondary N) is 1. The van der Waals surface area contributed by atoms with Crippen LogP contribution in [0.25, 0.3) is 5.70 Å². The predicted molar refractivity (Wildman–Crippen MR) is 127 cm³/mol. The van der Waals surface area contributed by atoms with Crippen LogP contribution in [0.3, 0.4) is 0 Å². The van der Waals surface area contributed by atoms with Crippen molar-refractivity contribution in [3.63, 3.8) is 0 Å². The molecule has 3 aliphatic rings. The molecule has 3 N–H and O–H groups in total. The van der Waals surface area contributed by atoms with Crippen molar-refractivity contribution in [3.05, 3.63) is 36.7 Å². The number of amides is 2. The maximum atomic E-state index is 12.7. The number of hydrogen-bond acceptors (Lipinski definition) is 5. The summed E-state index contributed by atoms with van der Waals surface area (Å²) in [5.41, 5.74) is 7.11. The summed E-state index contributed by atoms with van der Waals surface area (Å²) in [6.07, 6.45) is 15.1. The topological polar surface area (TPSA) is 91.6 Å². The van der Waals surface area contributed by atoms with Gasteiger partial charge in [0.05, 0.1) is 6.54 Å². The Kier molecular flexibility index (Phi) is 9.09. The SMILES string of the molecule is C=C(c1cccnc1)N1CCCC1C(=O)NC1CCCCC1.CN(C(=O)CN)C1CCC1. The number of likely N-dealkylation sites (tertiary alicyclic amines) is 1. The van der Waals surface area contributed by atoms with E-state index in [9.17, 15) is 9.59 Å². The second-order valence-electron chi connectivity index (χ2n) is 9.18. The Morgan fingerprint density at radius 1 is 1.16 bits per heavy atom. The Labute approximate surface area is 192 Å². The molecule has 2 saturated carbocycles. The van der Waals surface area contributed by atoms with E-state index in [4.69, 9.17) is 5.73 Å². The number of carbonyl (C=O) groups excluding carboxylic acids is 2. The zero-order valence-corrected chi connectivity index (χ0v) is 19.5. The van der Waals surface area contributed by atoms with Gasteiger partial charge in [0.1, 0.15) is 6.04 Å². The summed E-state index contributed by atoms with van der Waals surface area (Å²) in [6, 6.07) is 4.69. The van der Waals surface area contributed by atoms with Crippen LogP contribution in [0, 0.1) is 0 Å². The van der Waals surface area contributed by atoms with Crippen molar-refractivity contribution < 1.29 is 9.59 Å². The highest BCUT2D eigenvalue weighted by atomic mass is 16.2. The van der Waals surface area contributed by atoms with Gasteiger partial charge < -0.3 is 20.9 Å². The number of rotatable bonds is 6. The van der Waals surface area contributed by atoms with E-state index in [1.54, 1.807) is 11.1 Å².